The molecule has 1 heterocycles. The van der Waals surface area contributed by atoms with Crippen molar-refractivity contribution < 1.29 is 19.4 Å². The minimum atomic E-state index is -0.864. The summed E-state index contributed by atoms with van der Waals surface area (Å²) in [5.41, 5.74) is 1.04. The SMILES string of the molecule is C[C@H]([N-]C(CCC(C)(C)C)C(=O)O)c1ccc2c(c1)OCO2. The second-order valence-corrected chi connectivity index (χ2v) is 6.89. The fourth-order valence-electron chi connectivity index (χ4n) is 2.36. The van der Waals surface area contributed by atoms with Gasteiger partial charge in [0.2, 0.25) is 6.79 Å². The molecule has 0 saturated carbocycles. The fourth-order valence-corrected chi connectivity index (χ4v) is 2.36. The third kappa shape index (κ3) is 4.37. The summed E-state index contributed by atoms with van der Waals surface area (Å²) in [4.78, 5) is 11.4. The molecule has 0 saturated heterocycles. The van der Waals surface area contributed by atoms with Crippen LogP contribution >= 0.6 is 0 Å². The standard InChI is InChI=1S/C17H24NO4/c1-11(12-5-6-14-15(9-12)22-10-21-14)18-13(16(19)20)7-8-17(2,3)4/h5-6,9,11,13H,7-8,10H2,1-4H3,(H,19,20)/q-1/t11-,13?/m0/s1. The molecule has 1 aromatic carbocycles. The van der Waals surface area contributed by atoms with E-state index in [9.17, 15) is 9.90 Å². The molecule has 1 unspecified atom stereocenters. The summed E-state index contributed by atoms with van der Waals surface area (Å²) < 4.78 is 10.6. The maximum Gasteiger partial charge on any atom is 0.285 e. The van der Waals surface area contributed by atoms with Crippen molar-refractivity contribution in [3.05, 3.63) is 29.1 Å². The van der Waals surface area contributed by atoms with Gasteiger partial charge in [-0.1, -0.05) is 45.7 Å². The van der Waals surface area contributed by atoms with Gasteiger partial charge in [0.25, 0.3) is 5.97 Å². The highest BCUT2D eigenvalue weighted by Crippen LogP contribution is 2.37. The fraction of sp³-hybridized carbons (Fsp3) is 0.588. The van der Waals surface area contributed by atoms with Crippen molar-refractivity contribution in [2.45, 2.75) is 52.6 Å². The summed E-state index contributed by atoms with van der Waals surface area (Å²) in [6, 6.07) is 4.74. The lowest BCUT2D eigenvalue weighted by Gasteiger charge is -2.36. The van der Waals surface area contributed by atoms with Gasteiger partial charge in [-0.2, -0.15) is 0 Å². The molecule has 0 spiro atoms. The van der Waals surface area contributed by atoms with Crippen molar-refractivity contribution in [1.82, 2.24) is 0 Å². The Bertz CT molecular complexity index is 536. The molecule has 2 rings (SSSR count). The van der Waals surface area contributed by atoms with Crippen molar-refractivity contribution in [3.8, 4) is 11.5 Å². The van der Waals surface area contributed by atoms with Gasteiger partial charge in [0.1, 0.15) is 0 Å². The molecule has 0 aromatic heterocycles. The maximum absolute atomic E-state index is 11.4. The first kappa shape index (κ1) is 16.6. The summed E-state index contributed by atoms with van der Waals surface area (Å²) in [6.45, 7) is 8.45. The van der Waals surface area contributed by atoms with E-state index >= 15 is 0 Å². The molecule has 1 aliphatic heterocycles. The first-order valence-corrected chi connectivity index (χ1v) is 7.58. The van der Waals surface area contributed by atoms with Crippen LogP contribution in [0.2, 0.25) is 0 Å². The predicted molar refractivity (Wildman–Crippen MR) is 84.5 cm³/mol. The van der Waals surface area contributed by atoms with E-state index < -0.39 is 12.0 Å². The summed E-state index contributed by atoms with van der Waals surface area (Å²) in [6.07, 6.45) is 1.37. The summed E-state index contributed by atoms with van der Waals surface area (Å²) in [5, 5.41) is 13.9. The van der Waals surface area contributed by atoms with Crippen LogP contribution in [0.25, 0.3) is 5.32 Å². The van der Waals surface area contributed by atoms with Gasteiger partial charge in [-0.15, -0.1) is 6.04 Å². The van der Waals surface area contributed by atoms with Crippen LogP contribution in [0.3, 0.4) is 0 Å². The lowest BCUT2D eigenvalue weighted by atomic mass is 9.88. The molecule has 5 nitrogen and oxygen atoms in total. The number of hydrogen-bond acceptors (Lipinski definition) is 3. The van der Waals surface area contributed by atoms with Crippen LogP contribution < -0.4 is 9.47 Å². The Kier molecular flexibility index (Phi) is 4.96. The number of fused-ring (bicyclic) bond motifs is 1. The molecule has 0 bridgehead atoms. The van der Waals surface area contributed by atoms with Crippen molar-refractivity contribution in [2.24, 2.45) is 5.41 Å². The maximum atomic E-state index is 11.4. The lowest BCUT2D eigenvalue weighted by molar-refractivity contribution is -0.138. The van der Waals surface area contributed by atoms with Crippen LogP contribution in [0.15, 0.2) is 18.2 Å². The molecule has 0 radical (unpaired) electrons. The van der Waals surface area contributed by atoms with Crippen molar-refractivity contribution in [3.63, 3.8) is 0 Å². The monoisotopic (exact) mass is 306 g/mol. The molecule has 0 fully saturated rings. The lowest BCUT2D eigenvalue weighted by Crippen LogP contribution is -2.23. The Hall–Kier alpha value is -1.75. The van der Waals surface area contributed by atoms with E-state index in [4.69, 9.17) is 9.47 Å². The quantitative estimate of drug-likeness (QED) is 0.858. The molecule has 2 atom stereocenters. The van der Waals surface area contributed by atoms with E-state index in [2.05, 4.69) is 26.1 Å². The van der Waals surface area contributed by atoms with Crippen LogP contribution in [0, 0.1) is 5.41 Å². The zero-order chi connectivity index (χ0) is 16.3. The number of benzene rings is 1. The Balaban J connectivity index is 2.01. The van der Waals surface area contributed by atoms with Crippen LogP contribution in [-0.4, -0.2) is 23.9 Å². The van der Waals surface area contributed by atoms with E-state index in [1.165, 1.54) is 0 Å². The van der Waals surface area contributed by atoms with Crippen molar-refractivity contribution in [2.75, 3.05) is 6.79 Å². The molecule has 1 aliphatic rings. The second kappa shape index (κ2) is 6.57. The average Bonchev–Trinajstić information content (AvgIpc) is 2.88. The average molecular weight is 306 g/mol. The number of hydrogen-bond donors (Lipinski definition) is 1. The highest BCUT2D eigenvalue weighted by molar-refractivity contribution is 5.76. The van der Waals surface area contributed by atoms with Gasteiger partial charge < -0.3 is 19.9 Å². The Morgan fingerprint density at radius 2 is 2.00 bits per heavy atom. The minimum absolute atomic E-state index is 0.102. The summed E-state index contributed by atoms with van der Waals surface area (Å²) in [5.74, 6) is 0.552. The van der Waals surface area contributed by atoms with Crippen LogP contribution in [0.4, 0.5) is 0 Å². The second-order valence-electron chi connectivity index (χ2n) is 6.89. The molecule has 0 aliphatic carbocycles. The Labute approximate surface area is 131 Å². The van der Waals surface area contributed by atoms with Gasteiger partial charge in [-0.25, -0.2) is 0 Å². The number of carboxylic acid groups (broad SMARTS) is 1. The number of rotatable bonds is 6. The largest absolute Gasteiger partial charge is 0.644 e. The van der Waals surface area contributed by atoms with Gasteiger partial charge in [0, 0.05) is 0 Å². The number of aliphatic carboxylic acids is 1. The number of carbonyl (C=O) groups is 1. The van der Waals surface area contributed by atoms with E-state index in [0.717, 1.165) is 17.7 Å². The molecular formula is C17H24NO4-. The van der Waals surface area contributed by atoms with Crippen LogP contribution in [-0.2, 0) is 4.79 Å². The highest BCUT2D eigenvalue weighted by atomic mass is 16.7. The summed E-state index contributed by atoms with van der Waals surface area (Å²) >= 11 is 0. The smallest absolute Gasteiger partial charge is 0.285 e. The third-order valence-electron chi connectivity index (χ3n) is 3.74. The molecule has 5 heteroatoms. The van der Waals surface area contributed by atoms with Crippen molar-refractivity contribution >= 4 is 5.97 Å². The first-order valence-electron chi connectivity index (χ1n) is 7.58. The van der Waals surface area contributed by atoms with Gasteiger partial charge in [0.15, 0.2) is 11.5 Å². The van der Waals surface area contributed by atoms with Gasteiger partial charge in [-0.3, -0.25) is 4.79 Å². The molecule has 22 heavy (non-hydrogen) atoms. The predicted octanol–water partition coefficient (Wildman–Crippen LogP) is 4.13. The molecular weight excluding hydrogens is 282 g/mol. The van der Waals surface area contributed by atoms with E-state index in [0.29, 0.717) is 12.2 Å². The molecule has 0 amide bonds. The zero-order valence-electron chi connectivity index (χ0n) is 13.6. The van der Waals surface area contributed by atoms with Crippen LogP contribution in [0.5, 0.6) is 11.5 Å². The third-order valence-corrected chi connectivity index (χ3v) is 3.74. The summed E-state index contributed by atoms with van der Waals surface area (Å²) in [7, 11) is 0. The van der Waals surface area contributed by atoms with E-state index in [1.807, 2.05) is 25.1 Å². The van der Waals surface area contributed by atoms with Crippen molar-refractivity contribution in [1.29, 1.82) is 0 Å². The topological polar surface area (TPSA) is 69.9 Å². The van der Waals surface area contributed by atoms with Gasteiger partial charge in [0.05, 0.1) is 0 Å². The molecule has 122 valence electrons. The van der Waals surface area contributed by atoms with Crippen LogP contribution in [0.1, 0.15) is 52.1 Å². The normalized spacial score (nSPS) is 16.4. The molecule has 1 aromatic rings. The van der Waals surface area contributed by atoms with E-state index in [-0.39, 0.29) is 18.2 Å². The minimum Gasteiger partial charge on any atom is -0.644 e. The Morgan fingerprint density at radius 1 is 1.32 bits per heavy atom. The number of carboxylic acids is 1. The van der Waals surface area contributed by atoms with Gasteiger partial charge >= 0.3 is 0 Å². The number of ether oxygens (including phenoxy) is 2. The number of nitrogens with zero attached hydrogens (tertiary/aromatic N) is 1. The first-order chi connectivity index (χ1) is 10.3. The zero-order valence-corrected chi connectivity index (χ0v) is 13.6. The highest BCUT2D eigenvalue weighted by Gasteiger charge is 2.17. The Morgan fingerprint density at radius 3 is 2.64 bits per heavy atom. The molecule has 1 N–H and O–H groups in total. The van der Waals surface area contributed by atoms with Gasteiger partial charge in [-0.05, 0) is 30.0 Å². The van der Waals surface area contributed by atoms with E-state index in [1.54, 1.807) is 0 Å².